The Morgan fingerprint density at radius 1 is 1.25 bits per heavy atom. The van der Waals surface area contributed by atoms with Crippen LogP contribution in [0.15, 0.2) is 41.8 Å². The van der Waals surface area contributed by atoms with Gasteiger partial charge in [-0.25, -0.2) is 0 Å². The molecule has 0 spiro atoms. The molecule has 3 heteroatoms. The quantitative estimate of drug-likeness (QED) is 0.730. The fourth-order valence-corrected chi connectivity index (χ4v) is 1.89. The van der Waals surface area contributed by atoms with Crippen LogP contribution in [0.5, 0.6) is 0 Å². The molecule has 82 valence electrons. The lowest BCUT2D eigenvalue weighted by Gasteiger charge is -2.16. The number of thiocarbonyl (C=S) groups is 1. The van der Waals surface area contributed by atoms with Gasteiger partial charge >= 0.3 is 0 Å². The van der Waals surface area contributed by atoms with E-state index in [1.165, 1.54) is 5.56 Å². The maximum atomic E-state index is 9.95. The van der Waals surface area contributed by atoms with Crippen molar-refractivity contribution in [2.75, 3.05) is 0 Å². The van der Waals surface area contributed by atoms with E-state index in [-0.39, 0.29) is 5.76 Å². The first-order chi connectivity index (χ1) is 7.59. The lowest BCUT2D eigenvalue weighted by Crippen LogP contribution is -2.13. The summed E-state index contributed by atoms with van der Waals surface area (Å²) in [6.07, 6.45) is 2.39. The molecule has 1 aromatic carbocycles. The van der Waals surface area contributed by atoms with Crippen molar-refractivity contribution >= 4 is 22.7 Å². The normalized spacial score (nSPS) is 16.3. The van der Waals surface area contributed by atoms with Crippen molar-refractivity contribution in [3.8, 4) is 0 Å². The summed E-state index contributed by atoms with van der Waals surface area (Å²) in [6, 6.07) is 7.85. The predicted octanol–water partition coefficient (Wildman–Crippen LogP) is 2.88. The fraction of sp³-hybridized carbons (Fsp3) is 0.154. The third-order valence-corrected chi connectivity index (χ3v) is 3.00. The molecule has 2 rings (SSSR count). The van der Waals surface area contributed by atoms with Crippen LogP contribution in [0, 0.1) is 6.92 Å². The van der Waals surface area contributed by atoms with E-state index >= 15 is 0 Å². The van der Waals surface area contributed by atoms with E-state index in [0.29, 0.717) is 22.6 Å². The van der Waals surface area contributed by atoms with E-state index in [9.17, 15) is 5.11 Å². The first-order valence-electron chi connectivity index (χ1n) is 5.09. The van der Waals surface area contributed by atoms with Gasteiger partial charge in [-0.05, 0) is 12.5 Å². The van der Waals surface area contributed by atoms with Crippen molar-refractivity contribution in [3.63, 3.8) is 0 Å². The minimum atomic E-state index is 0.138. The number of nitrogens with two attached hydrogens (primary N) is 1. The summed E-state index contributed by atoms with van der Waals surface area (Å²) in [5.74, 6) is 0.138. The van der Waals surface area contributed by atoms with Gasteiger partial charge in [0.2, 0.25) is 0 Å². The maximum Gasteiger partial charge on any atom is 0.139 e. The topological polar surface area (TPSA) is 46.2 Å². The molecule has 1 aliphatic carbocycles. The summed E-state index contributed by atoms with van der Waals surface area (Å²) < 4.78 is 0. The molecule has 0 bridgehead atoms. The molecule has 0 amide bonds. The van der Waals surface area contributed by atoms with Gasteiger partial charge in [0.05, 0.1) is 4.86 Å². The molecule has 1 aromatic rings. The Labute approximate surface area is 100 Å². The van der Waals surface area contributed by atoms with Crippen molar-refractivity contribution < 1.29 is 5.11 Å². The molecule has 0 aromatic heterocycles. The number of aliphatic hydroxyl groups excluding tert-OH is 1. The number of rotatable bonds is 1. The molecule has 0 heterocycles. The van der Waals surface area contributed by atoms with Crippen LogP contribution in [0.25, 0.3) is 5.57 Å². The molecule has 1 aliphatic rings. The lowest BCUT2D eigenvalue weighted by atomic mass is 9.94. The molecule has 0 saturated carbocycles. The Morgan fingerprint density at radius 2 is 1.88 bits per heavy atom. The van der Waals surface area contributed by atoms with E-state index in [2.05, 4.69) is 0 Å². The molecule has 2 nitrogen and oxygen atoms in total. The molecular formula is C13H13NOS. The zero-order valence-electron chi connectivity index (χ0n) is 9.03. The number of allylic oxidation sites excluding steroid dienone is 3. The van der Waals surface area contributed by atoms with Crippen LogP contribution in [0.2, 0.25) is 0 Å². The SMILES string of the molecule is Cc1ccc(C2=C(O)C(=S)CC=C2N)cc1. The summed E-state index contributed by atoms with van der Waals surface area (Å²) in [5.41, 5.74) is 9.20. The molecule has 0 radical (unpaired) electrons. The largest absolute Gasteiger partial charge is 0.506 e. The van der Waals surface area contributed by atoms with Crippen LogP contribution in [0.1, 0.15) is 17.5 Å². The summed E-state index contributed by atoms with van der Waals surface area (Å²) in [4.78, 5) is 0.546. The highest BCUT2D eigenvalue weighted by Gasteiger charge is 2.18. The monoisotopic (exact) mass is 231 g/mol. The highest BCUT2D eigenvalue weighted by molar-refractivity contribution is 7.80. The van der Waals surface area contributed by atoms with E-state index in [1.54, 1.807) is 0 Å². The van der Waals surface area contributed by atoms with Gasteiger partial charge in [-0.3, -0.25) is 0 Å². The average molecular weight is 231 g/mol. The number of aliphatic hydroxyl groups is 1. The zero-order valence-corrected chi connectivity index (χ0v) is 9.84. The summed E-state index contributed by atoms with van der Waals surface area (Å²) in [7, 11) is 0. The summed E-state index contributed by atoms with van der Waals surface area (Å²) in [6.45, 7) is 2.02. The van der Waals surface area contributed by atoms with Gasteiger partial charge < -0.3 is 10.8 Å². The Balaban J connectivity index is 2.53. The number of hydrogen-bond donors (Lipinski definition) is 2. The Kier molecular flexibility index (Phi) is 2.79. The highest BCUT2D eigenvalue weighted by Crippen LogP contribution is 2.28. The first-order valence-corrected chi connectivity index (χ1v) is 5.50. The van der Waals surface area contributed by atoms with Gasteiger partial charge in [0, 0.05) is 17.7 Å². The predicted molar refractivity (Wildman–Crippen MR) is 70.2 cm³/mol. The fourth-order valence-electron chi connectivity index (χ4n) is 1.70. The molecule has 16 heavy (non-hydrogen) atoms. The Hall–Kier alpha value is -1.61. The summed E-state index contributed by atoms with van der Waals surface area (Å²) in [5, 5.41) is 9.95. The van der Waals surface area contributed by atoms with Crippen LogP contribution in [-0.2, 0) is 0 Å². The average Bonchev–Trinajstić information content (AvgIpc) is 2.27. The molecule has 0 aliphatic heterocycles. The standard InChI is InChI=1S/C13H13NOS/c1-8-2-4-9(5-3-8)12-10(14)6-7-11(16)13(12)15/h2-6,15H,7,14H2,1H3. The Bertz CT molecular complexity index is 497. The van der Waals surface area contributed by atoms with Crippen molar-refractivity contribution in [1.29, 1.82) is 0 Å². The van der Waals surface area contributed by atoms with E-state index in [1.807, 2.05) is 37.3 Å². The van der Waals surface area contributed by atoms with Gasteiger partial charge in [0.1, 0.15) is 5.76 Å². The first kappa shape index (κ1) is 10.9. The van der Waals surface area contributed by atoms with E-state index in [4.69, 9.17) is 18.0 Å². The van der Waals surface area contributed by atoms with Crippen LogP contribution in [-0.4, -0.2) is 9.97 Å². The zero-order chi connectivity index (χ0) is 11.7. The van der Waals surface area contributed by atoms with E-state index in [0.717, 1.165) is 5.56 Å². The number of benzene rings is 1. The van der Waals surface area contributed by atoms with Crippen molar-refractivity contribution in [2.45, 2.75) is 13.3 Å². The second kappa shape index (κ2) is 4.10. The third kappa shape index (κ3) is 1.86. The van der Waals surface area contributed by atoms with Crippen molar-refractivity contribution in [2.24, 2.45) is 5.73 Å². The van der Waals surface area contributed by atoms with Gasteiger partial charge in [0.25, 0.3) is 0 Å². The van der Waals surface area contributed by atoms with Gasteiger partial charge in [0.15, 0.2) is 0 Å². The number of hydrogen-bond acceptors (Lipinski definition) is 3. The smallest absolute Gasteiger partial charge is 0.139 e. The van der Waals surface area contributed by atoms with Crippen molar-refractivity contribution in [3.05, 3.63) is 52.9 Å². The molecule has 0 atom stereocenters. The third-order valence-electron chi connectivity index (χ3n) is 2.64. The van der Waals surface area contributed by atoms with Gasteiger partial charge in [-0.15, -0.1) is 0 Å². The molecule has 0 saturated heterocycles. The lowest BCUT2D eigenvalue weighted by molar-refractivity contribution is 0.445. The van der Waals surface area contributed by atoms with E-state index < -0.39 is 0 Å². The maximum absolute atomic E-state index is 9.95. The van der Waals surface area contributed by atoms with Crippen LogP contribution >= 0.6 is 12.2 Å². The van der Waals surface area contributed by atoms with Crippen molar-refractivity contribution in [1.82, 2.24) is 0 Å². The molecule has 0 unspecified atom stereocenters. The van der Waals surface area contributed by atoms with Crippen LogP contribution in [0.4, 0.5) is 0 Å². The second-order valence-corrected chi connectivity index (χ2v) is 4.37. The summed E-state index contributed by atoms with van der Waals surface area (Å²) >= 11 is 5.08. The highest BCUT2D eigenvalue weighted by atomic mass is 32.1. The minimum Gasteiger partial charge on any atom is -0.506 e. The van der Waals surface area contributed by atoms with Gasteiger partial charge in [-0.1, -0.05) is 48.1 Å². The number of aryl methyl sites for hydroxylation is 1. The van der Waals surface area contributed by atoms with Crippen LogP contribution in [0.3, 0.4) is 0 Å². The minimum absolute atomic E-state index is 0.138. The second-order valence-electron chi connectivity index (χ2n) is 3.88. The van der Waals surface area contributed by atoms with Gasteiger partial charge in [-0.2, -0.15) is 0 Å². The molecule has 3 N–H and O–H groups in total. The molecular weight excluding hydrogens is 218 g/mol. The van der Waals surface area contributed by atoms with Crippen LogP contribution < -0.4 is 5.73 Å². The Morgan fingerprint density at radius 3 is 2.50 bits per heavy atom. The molecule has 0 fully saturated rings.